The van der Waals surface area contributed by atoms with Crippen molar-refractivity contribution in [3.63, 3.8) is 0 Å². The molecular formula is C27H34F2N4O2. The van der Waals surface area contributed by atoms with Gasteiger partial charge in [-0.25, -0.2) is 13.8 Å². The molecule has 2 N–H and O–H groups in total. The minimum absolute atomic E-state index is 0.0982. The molecule has 2 aromatic heterocycles. The smallest absolute Gasteiger partial charge is 0.325 e. The van der Waals surface area contributed by atoms with Crippen molar-refractivity contribution in [1.29, 1.82) is 0 Å². The Hall–Kier alpha value is -2.61. The topological polar surface area (TPSA) is 78.3 Å². The van der Waals surface area contributed by atoms with Gasteiger partial charge in [-0.3, -0.25) is 14.7 Å². The van der Waals surface area contributed by atoms with E-state index >= 15 is 8.78 Å². The summed E-state index contributed by atoms with van der Waals surface area (Å²) in [4.78, 5) is 23.0. The van der Waals surface area contributed by atoms with E-state index < -0.39 is 23.9 Å². The molecule has 1 saturated carbocycles. The van der Waals surface area contributed by atoms with Crippen molar-refractivity contribution in [2.75, 3.05) is 25.0 Å². The number of hydrogen-bond donors (Lipinski definition) is 2. The van der Waals surface area contributed by atoms with E-state index in [1.165, 1.54) is 5.56 Å². The van der Waals surface area contributed by atoms with Crippen LogP contribution < -0.4 is 5.32 Å². The SMILES string of the molecule is O=C(O)[C@@H](c1cccnc1C1CC1)N1CC[C@@H](C(F)(F)CCCCc2ccc3c(n2)NCCC3)C1. The first-order chi connectivity index (χ1) is 16.9. The van der Waals surface area contributed by atoms with Crippen molar-refractivity contribution in [2.45, 2.75) is 75.7 Å². The van der Waals surface area contributed by atoms with Crippen LogP contribution in [0.5, 0.6) is 0 Å². The fourth-order valence-electron chi connectivity index (χ4n) is 5.59. The molecule has 2 aromatic rings. The number of aliphatic carboxylic acids is 1. The zero-order chi connectivity index (χ0) is 24.4. The van der Waals surface area contributed by atoms with Crippen molar-refractivity contribution in [3.8, 4) is 0 Å². The number of carbonyl (C=O) groups is 1. The van der Waals surface area contributed by atoms with Gasteiger partial charge in [0.25, 0.3) is 5.92 Å². The van der Waals surface area contributed by atoms with Gasteiger partial charge in [-0.15, -0.1) is 0 Å². The second-order valence-corrected chi connectivity index (χ2v) is 10.3. The Morgan fingerprint density at radius 2 is 2.09 bits per heavy atom. The van der Waals surface area contributed by atoms with Crippen LogP contribution in [0.4, 0.5) is 14.6 Å². The molecule has 35 heavy (non-hydrogen) atoms. The lowest BCUT2D eigenvalue weighted by molar-refractivity contribution is -0.143. The van der Waals surface area contributed by atoms with Gasteiger partial charge < -0.3 is 10.4 Å². The molecule has 5 rings (SSSR count). The monoisotopic (exact) mass is 484 g/mol. The molecule has 0 bridgehead atoms. The fourth-order valence-corrected chi connectivity index (χ4v) is 5.59. The highest BCUT2D eigenvalue weighted by atomic mass is 19.3. The number of fused-ring (bicyclic) bond motifs is 1. The van der Waals surface area contributed by atoms with E-state index in [4.69, 9.17) is 0 Å². The Morgan fingerprint density at radius 3 is 2.89 bits per heavy atom. The molecule has 188 valence electrons. The molecule has 4 heterocycles. The summed E-state index contributed by atoms with van der Waals surface area (Å²) >= 11 is 0. The van der Waals surface area contributed by atoms with E-state index in [1.54, 1.807) is 23.2 Å². The highest BCUT2D eigenvalue weighted by Crippen LogP contribution is 2.44. The summed E-state index contributed by atoms with van der Waals surface area (Å²) in [6.45, 7) is 1.39. The average Bonchev–Trinajstić information content (AvgIpc) is 3.58. The van der Waals surface area contributed by atoms with Crippen LogP contribution in [0.2, 0.25) is 0 Å². The maximum absolute atomic E-state index is 15.1. The van der Waals surface area contributed by atoms with Crippen LogP contribution >= 0.6 is 0 Å². The van der Waals surface area contributed by atoms with Gasteiger partial charge in [0.05, 0.1) is 0 Å². The lowest BCUT2D eigenvalue weighted by Gasteiger charge is -2.28. The Labute approximate surface area is 205 Å². The molecule has 0 unspecified atom stereocenters. The van der Waals surface area contributed by atoms with E-state index in [2.05, 4.69) is 21.4 Å². The van der Waals surface area contributed by atoms with Gasteiger partial charge in [0, 0.05) is 54.5 Å². The van der Waals surface area contributed by atoms with Gasteiger partial charge in [0.15, 0.2) is 0 Å². The number of carboxylic acids is 1. The summed E-state index contributed by atoms with van der Waals surface area (Å²) < 4.78 is 30.3. The highest BCUT2D eigenvalue weighted by Gasteiger charge is 2.46. The largest absolute Gasteiger partial charge is 0.480 e. The van der Waals surface area contributed by atoms with Crippen LogP contribution in [0.3, 0.4) is 0 Å². The van der Waals surface area contributed by atoms with Crippen LogP contribution in [0, 0.1) is 5.92 Å². The first-order valence-electron chi connectivity index (χ1n) is 12.9. The number of rotatable bonds is 10. The summed E-state index contributed by atoms with van der Waals surface area (Å²) in [6.07, 6.45) is 7.76. The molecule has 0 radical (unpaired) electrons. The molecule has 0 spiro atoms. The molecule has 3 aliphatic rings. The molecule has 1 saturated heterocycles. The average molecular weight is 485 g/mol. The second-order valence-electron chi connectivity index (χ2n) is 10.3. The molecule has 2 atom stereocenters. The van der Waals surface area contributed by atoms with Crippen molar-refractivity contribution < 1.29 is 18.7 Å². The van der Waals surface area contributed by atoms with Gasteiger partial charge in [0.2, 0.25) is 0 Å². The number of nitrogens with zero attached hydrogens (tertiary/aromatic N) is 3. The van der Waals surface area contributed by atoms with E-state index in [9.17, 15) is 9.90 Å². The quantitative estimate of drug-likeness (QED) is 0.451. The van der Waals surface area contributed by atoms with Crippen LogP contribution in [0.25, 0.3) is 0 Å². The van der Waals surface area contributed by atoms with E-state index in [0.717, 1.165) is 49.4 Å². The summed E-state index contributed by atoms with van der Waals surface area (Å²) in [5, 5.41) is 13.3. The molecule has 8 heteroatoms. The highest BCUT2D eigenvalue weighted by molar-refractivity contribution is 5.76. The van der Waals surface area contributed by atoms with Gasteiger partial charge in [-0.2, -0.15) is 0 Å². The number of carboxylic acid groups (broad SMARTS) is 1. The number of hydrogen-bond acceptors (Lipinski definition) is 5. The summed E-state index contributed by atoms with van der Waals surface area (Å²) in [7, 11) is 0. The molecule has 0 amide bonds. The third-order valence-electron chi connectivity index (χ3n) is 7.69. The maximum atomic E-state index is 15.1. The Balaban J connectivity index is 1.16. The fraction of sp³-hybridized carbons (Fsp3) is 0.593. The zero-order valence-corrected chi connectivity index (χ0v) is 20.1. The van der Waals surface area contributed by atoms with E-state index in [0.29, 0.717) is 43.7 Å². The first kappa shape index (κ1) is 24.1. The summed E-state index contributed by atoms with van der Waals surface area (Å²) in [5.74, 6) is -3.38. The summed E-state index contributed by atoms with van der Waals surface area (Å²) in [5.41, 5.74) is 3.66. The van der Waals surface area contributed by atoms with E-state index in [1.807, 2.05) is 6.07 Å². The number of alkyl halides is 2. The van der Waals surface area contributed by atoms with Crippen molar-refractivity contribution in [3.05, 3.63) is 53.0 Å². The molecule has 2 fully saturated rings. The predicted molar refractivity (Wildman–Crippen MR) is 130 cm³/mol. The molecule has 2 aliphatic heterocycles. The van der Waals surface area contributed by atoms with Gasteiger partial charge in [-0.1, -0.05) is 12.1 Å². The Kier molecular flexibility index (Phi) is 7.00. The molecular weight excluding hydrogens is 450 g/mol. The summed E-state index contributed by atoms with van der Waals surface area (Å²) in [6, 6.07) is 6.74. The minimum atomic E-state index is -2.81. The number of aromatic nitrogens is 2. The maximum Gasteiger partial charge on any atom is 0.325 e. The number of halogens is 2. The Morgan fingerprint density at radius 1 is 1.23 bits per heavy atom. The third-order valence-corrected chi connectivity index (χ3v) is 7.69. The molecule has 0 aromatic carbocycles. The number of likely N-dealkylation sites (tertiary alicyclic amines) is 1. The lowest BCUT2D eigenvalue weighted by Crippen LogP contribution is -2.36. The third kappa shape index (κ3) is 5.47. The first-order valence-corrected chi connectivity index (χ1v) is 12.9. The van der Waals surface area contributed by atoms with Crippen LogP contribution in [0.1, 0.15) is 79.4 Å². The zero-order valence-electron chi connectivity index (χ0n) is 20.1. The second kappa shape index (κ2) is 10.2. The van der Waals surface area contributed by atoms with Crippen LogP contribution in [-0.4, -0.2) is 51.5 Å². The van der Waals surface area contributed by atoms with Crippen LogP contribution in [-0.2, 0) is 17.6 Å². The van der Waals surface area contributed by atoms with Gasteiger partial charge >= 0.3 is 5.97 Å². The molecule has 6 nitrogen and oxygen atoms in total. The molecule has 1 aliphatic carbocycles. The van der Waals surface area contributed by atoms with Crippen LogP contribution in [0.15, 0.2) is 30.5 Å². The number of pyridine rings is 2. The number of unbranched alkanes of at least 4 members (excludes halogenated alkanes) is 1. The van der Waals surface area contributed by atoms with E-state index in [-0.39, 0.29) is 13.0 Å². The predicted octanol–water partition coefficient (Wildman–Crippen LogP) is 5.21. The standard InChI is InChI=1S/C27H34F2N4O2/c28-27(29,13-2-1-6-21-11-10-19-5-3-15-31-25(19)32-21)20-12-16-33(17-20)24(26(34)35)22-7-4-14-30-23(22)18-8-9-18/h4,7,10-11,14,18,20,24H,1-3,5-6,8-9,12-13,15-17H2,(H,31,32)(H,34,35)/t20-,24-/m1/s1. The minimum Gasteiger partial charge on any atom is -0.480 e. The van der Waals surface area contributed by atoms with Crippen molar-refractivity contribution in [2.24, 2.45) is 5.92 Å². The number of anilines is 1. The number of aryl methyl sites for hydroxylation is 2. The normalized spacial score (nSPS) is 21.4. The Bertz CT molecular complexity index is 1060. The van der Waals surface area contributed by atoms with Crippen molar-refractivity contribution in [1.82, 2.24) is 14.9 Å². The lowest BCUT2D eigenvalue weighted by atomic mass is 9.95. The van der Waals surface area contributed by atoms with Gasteiger partial charge in [-0.05, 0) is 75.6 Å². The van der Waals surface area contributed by atoms with Gasteiger partial charge in [0.1, 0.15) is 11.9 Å². The van der Waals surface area contributed by atoms with Crippen molar-refractivity contribution >= 4 is 11.8 Å². The number of nitrogens with one attached hydrogen (secondary N) is 1.